The fourth-order valence-corrected chi connectivity index (χ4v) is 12.0. The Hall–Kier alpha value is -3.24. The molecule has 10 aliphatic rings. The lowest BCUT2D eigenvalue weighted by Gasteiger charge is -2.59. The zero-order chi connectivity index (χ0) is 22.0. The fourth-order valence-electron chi connectivity index (χ4n) is 12.0. The predicted molar refractivity (Wildman–Crippen MR) is 132 cm³/mol. The van der Waals surface area contributed by atoms with E-state index in [1.165, 1.54) is 60.5 Å². The van der Waals surface area contributed by atoms with Crippen molar-refractivity contribution in [3.63, 3.8) is 0 Å². The Kier molecular flexibility index (Phi) is 1.50. The lowest BCUT2D eigenvalue weighted by Crippen LogP contribution is -2.72. The highest BCUT2D eigenvalue weighted by Gasteiger charge is 2.96. The number of hydrogen-bond acceptors (Lipinski definition) is 3. The van der Waals surface area contributed by atoms with Gasteiger partial charge in [0.1, 0.15) is 23.9 Å². The zero-order valence-corrected chi connectivity index (χ0v) is 18.9. The van der Waals surface area contributed by atoms with Gasteiger partial charge in [0.05, 0.1) is 11.5 Å². The third-order valence-electron chi connectivity index (χ3n) is 12.6. The molecule has 3 fully saturated rings. The molecule has 0 amide bonds. The van der Waals surface area contributed by atoms with Gasteiger partial charge in [-0.1, -0.05) is 36.4 Å². The Morgan fingerprint density at radius 2 is 1.56 bits per heavy atom. The van der Waals surface area contributed by atoms with Crippen molar-refractivity contribution in [1.82, 2.24) is 0 Å². The van der Waals surface area contributed by atoms with E-state index in [4.69, 9.17) is 14.2 Å². The van der Waals surface area contributed by atoms with Crippen LogP contribution in [0.4, 0.5) is 0 Å². The van der Waals surface area contributed by atoms with Crippen LogP contribution < -0.4 is 0 Å². The van der Waals surface area contributed by atoms with E-state index >= 15 is 0 Å². The molecule has 3 aliphatic heterocycles. The summed E-state index contributed by atoms with van der Waals surface area (Å²) in [4.78, 5) is 0. The van der Waals surface area contributed by atoms with Crippen LogP contribution in [0.2, 0.25) is 0 Å². The predicted octanol–water partition coefficient (Wildman–Crippen LogP) is 5.59. The topological polar surface area (TPSA) is 34.3 Å². The minimum atomic E-state index is -0.313. The molecule has 0 aromatic heterocycles. The van der Waals surface area contributed by atoms with Gasteiger partial charge in [-0.25, -0.2) is 0 Å². The van der Waals surface area contributed by atoms with Crippen molar-refractivity contribution >= 4 is 43.1 Å². The Balaban J connectivity index is 1.40. The molecule has 15 rings (SSSR count). The summed E-state index contributed by atoms with van der Waals surface area (Å²) in [6.45, 7) is 0. The minimum absolute atomic E-state index is 0.0908. The van der Waals surface area contributed by atoms with E-state index in [2.05, 4.69) is 36.4 Å². The van der Waals surface area contributed by atoms with Gasteiger partial charge in [0.15, 0.2) is 5.60 Å². The maximum absolute atomic E-state index is 7.49. The number of fused-ring (bicyclic) bond motifs is 3. The van der Waals surface area contributed by atoms with E-state index in [0.717, 1.165) is 12.8 Å². The summed E-state index contributed by atoms with van der Waals surface area (Å²) in [5.41, 5.74) is 14.4. The van der Waals surface area contributed by atoms with Gasteiger partial charge in [-0.15, -0.1) is 0 Å². The summed E-state index contributed by atoms with van der Waals surface area (Å²) >= 11 is 0. The molecule has 7 unspecified atom stereocenters. The first-order valence-corrected chi connectivity index (χ1v) is 13.6. The highest BCUT2D eigenvalue weighted by atomic mass is 16.7. The van der Waals surface area contributed by atoms with Gasteiger partial charge in [-0.3, -0.25) is 0 Å². The lowest BCUT2D eigenvalue weighted by atomic mass is 9.49. The van der Waals surface area contributed by atoms with Gasteiger partial charge in [0, 0.05) is 11.1 Å². The maximum atomic E-state index is 7.49. The van der Waals surface area contributed by atoms with Crippen LogP contribution in [-0.4, -0.2) is 18.3 Å². The Labute approximate surface area is 203 Å². The largest absolute Gasteiger partial charge is 0.366 e. The van der Waals surface area contributed by atoms with Crippen LogP contribution in [0.25, 0.3) is 54.2 Å². The highest BCUT2D eigenvalue weighted by molar-refractivity contribution is 6.40. The maximum Gasteiger partial charge on any atom is 0.151 e. The second-order valence-corrected chi connectivity index (χ2v) is 13.2. The highest BCUT2D eigenvalue weighted by Crippen LogP contribution is 2.91. The smallest absolute Gasteiger partial charge is 0.151 e. The van der Waals surface area contributed by atoms with Crippen molar-refractivity contribution in [2.75, 3.05) is 0 Å². The van der Waals surface area contributed by atoms with Gasteiger partial charge in [-0.05, 0) is 100 Å². The number of ether oxygens (including phenoxy) is 3. The second kappa shape index (κ2) is 3.57. The van der Waals surface area contributed by atoms with Crippen LogP contribution in [0.1, 0.15) is 45.0 Å². The molecule has 7 aliphatic carbocycles. The molecule has 0 bridgehead atoms. The Morgan fingerprint density at radius 1 is 0.722 bits per heavy atom. The van der Waals surface area contributed by atoms with Crippen LogP contribution in [0.5, 0.6) is 0 Å². The summed E-state index contributed by atoms with van der Waals surface area (Å²) in [6.07, 6.45) is 5.12. The van der Waals surface area contributed by atoms with Gasteiger partial charge in [-0.2, -0.15) is 0 Å². The summed E-state index contributed by atoms with van der Waals surface area (Å²) in [6, 6.07) is 12.3. The summed E-state index contributed by atoms with van der Waals surface area (Å²) in [5.74, 6) is 0. The van der Waals surface area contributed by atoms with Crippen molar-refractivity contribution in [3.8, 4) is 11.1 Å². The third kappa shape index (κ3) is 0.902. The molecule has 0 N–H and O–H groups in total. The summed E-state index contributed by atoms with van der Waals surface area (Å²) in [5, 5.41) is 12.0. The molecule has 164 valence electrons. The van der Waals surface area contributed by atoms with E-state index in [9.17, 15) is 0 Å². The molecule has 3 heteroatoms. The Morgan fingerprint density at radius 3 is 2.53 bits per heavy atom. The standard InChI is InChI=1S/C33H14O3/c1-2-10-4-13-6-14-8-16-31-26-15(28-29(35-28)30(31)34-16)7-12-5-11-3-9(1)17-18(10)22-23-21(17)19(11)20(12)24(26)27(23)33(31)32(14,36-33)25(13)22/h1-4,7-8,16,28-30H,5-6H2. The normalized spacial score (nSPS) is 42.4. The fraction of sp³-hybridized carbons (Fsp3) is 0.273. The van der Waals surface area contributed by atoms with E-state index in [1.807, 2.05) is 0 Å². The number of rotatable bonds is 0. The molecular weight excluding hydrogens is 444 g/mol. The molecule has 5 aromatic carbocycles. The van der Waals surface area contributed by atoms with Crippen LogP contribution in [-0.2, 0) is 43.7 Å². The molecule has 3 spiro atoms. The Bertz CT molecular complexity index is 2340. The average molecular weight is 458 g/mol. The molecule has 3 nitrogen and oxygen atoms in total. The zero-order valence-electron chi connectivity index (χ0n) is 18.9. The number of epoxide rings is 2. The average Bonchev–Trinajstić information content (AvgIpc) is 3.62. The third-order valence-corrected chi connectivity index (χ3v) is 12.6. The summed E-state index contributed by atoms with van der Waals surface area (Å²) in [7, 11) is 0. The second-order valence-electron chi connectivity index (χ2n) is 13.2. The first-order chi connectivity index (χ1) is 17.8. The monoisotopic (exact) mass is 458 g/mol. The van der Waals surface area contributed by atoms with Crippen LogP contribution >= 0.6 is 0 Å². The van der Waals surface area contributed by atoms with Crippen LogP contribution in [0.15, 0.2) is 42.0 Å². The van der Waals surface area contributed by atoms with Crippen molar-refractivity contribution < 1.29 is 14.2 Å². The first kappa shape index (κ1) is 15.1. The molecule has 0 radical (unpaired) electrons. The number of hydrogen-bond donors (Lipinski definition) is 0. The van der Waals surface area contributed by atoms with Crippen LogP contribution in [0.3, 0.4) is 0 Å². The number of benzene rings is 5. The van der Waals surface area contributed by atoms with Gasteiger partial charge in [0.2, 0.25) is 0 Å². The van der Waals surface area contributed by atoms with E-state index < -0.39 is 0 Å². The van der Waals surface area contributed by atoms with Crippen molar-refractivity contribution in [1.29, 1.82) is 0 Å². The van der Waals surface area contributed by atoms with Crippen molar-refractivity contribution in [2.45, 2.75) is 53.9 Å². The quantitative estimate of drug-likeness (QED) is 0.169. The lowest BCUT2D eigenvalue weighted by molar-refractivity contribution is -0.221. The minimum Gasteiger partial charge on any atom is -0.366 e. The van der Waals surface area contributed by atoms with E-state index in [0.29, 0.717) is 0 Å². The van der Waals surface area contributed by atoms with Gasteiger partial charge >= 0.3 is 0 Å². The molecule has 0 saturated carbocycles. The molecular formula is C33H14O3. The molecule has 3 saturated heterocycles. The van der Waals surface area contributed by atoms with Crippen LogP contribution in [0, 0.1) is 0 Å². The van der Waals surface area contributed by atoms with Gasteiger partial charge in [0.25, 0.3) is 0 Å². The van der Waals surface area contributed by atoms with Gasteiger partial charge < -0.3 is 14.2 Å². The van der Waals surface area contributed by atoms with E-state index in [1.54, 1.807) is 38.2 Å². The molecule has 5 aromatic rings. The molecule has 7 atom stereocenters. The van der Waals surface area contributed by atoms with E-state index in [-0.39, 0.29) is 41.0 Å². The molecule has 36 heavy (non-hydrogen) atoms. The van der Waals surface area contributed by atoms with Crippen molar-refractivity contribution in [2.24, 2.45) is 0 Å². The first-order valence-electron chi connectivity index (χ1n) is 13.6. The van der Waals surface area contributed by atoms with Crippen molar-refractivity contribution in [3.05, 3.63) is 80.9 Å². The SMILES string of the molecule is C1=C2Cc3cc4ccc5cc6c7c8c(cc9c%10c8c8c%11c7c5c4c-%11c3C23OC83C%102C1OC2C1OC91)C6. The molecule has 3 heterocycles. The summed E-state index contributed by atoms with van der Waals surface area (Å²) < 4.78 is 20.7.